The molecule has 0 saturated heterocycles. The van der Waals surface area contributed by atoms with Crippen LogP contribution in [0.15, 0.2) is 61.2 Å². The molecular formula is C16H13N3O. The molecule has 3 aromatic heterocycles. The summed E-state index contributed by atoms with van der Waals surface area (Å²) in [4.78, 5) is 12.6. The lowest BCUT2D eigenvalue weighted by Crippen LogP contribution is -1.95. The Kier molecular flexibility index (Phi) is 3.48. The van der Waals surface area contributed by atoms with Crippen molar-refractivity contribution in [3.8, 4) is 22.4 Å². The molecule has 3 heterocycles. The second-order valence-corrected chi connectivity index (χ2v) is 4.33. The summed E-state index contributed by atoms with van der Waals surface area (Å²) in [6, 6.07) is 11.5. The third kappa shape index (κ3) is 2.41. The Morgan fingerprint density at radius 2 is 1.35 bits per heavy atom. The standard InChI is InChI=1S/C16H13N3O/c20-11-14-1-2-15(12-3-7-17-8-4-12)16(19-14)13-5-9-18-10-6-13/h1-10,20H,11H2. The molecule has 4 nitrogen and oxygen atoms in total. The van der Waals surface area contributed by atoms with Crippen LogP contribution in [0.5, 0.6) is 0 Å². The summed E-state index contributed by atoms with van der Waals surface area (Å²) in [5, 5.41) is 9.29. The molecule has 0 aliphatic carbocycles. The zero-order chi connectivity index (χ0) is 13.8. The van der Waals surface area contributed by atoms with E-state index in [2.05, 4.69) is 15.0 Å². The molecular weight excluding hydrogens is 250 g/mol. The van der Waals surface area contributed by atoms with Crippen molar-refractivity contribution in [1.82, 2.24) is 15.0 Å². The van der Waals surface area contributed by atoms with Crippen molar-refractivity contribution in [2.75, 3.05) is 0 Å². The molecule has 0 amide bonds. The van der Waals surface area contributed by atoms with Crippen molar-refractivity contribution in [2.24, 2.45) is 0 Å². The van der Waals surface area contributed by atoms with Crippen molar-refractivity contribution in [3.63, 3.8) is 0 Å². The lowest BCUT2D eigenvalue weighted by Gasteiger charge is -2.10. The van der Waals surface area contributed by atoms with Crippen LogP contribution in [0.2, 0.25) is 0 Å². The van der Waals surface area contributed by atoms with Gasteiger partial charge in [0, 0.05) is 35.9 Å². The first kappa shape index (κ1) is 12.4. The molecule has 0 saturated carbocycles. The number of rotatable bonds is 3. The molecule has 0 aliphatic rings. The van der Waals surface area contributed by atoms with Crippen LogP contribution in [0.3, 0.4) is 0 Å². The van der Waals surface area contributed by atoms with Gasteiger partial charge in [-0.2, -0.15) is 0 Å². The van der Waals surface area contributed by atoms with Crippen molar-refractivity contribution in [3.05, 3.63) is 66.9 Å². The van der Waals surface area contributed by atoms with Gasteiger partial charge in [0.1, 0.15) is 0 Å². The minimum Gasteiger partial charge on any atom is -0.390 e. The van der Waals surface area contributed by atoms with E-state index >= 15 is 0 Å². The molecule has 0 fully saturated rings. The Morgan fingerprint density at radius 1 is 0.750 bits per heavy atom. The average Bonchev–Trinajstić information content (AvgIpc) is 2.56. The summed E-state index contributed by atoms with van der Waals surface area (Å²) in [6.45, 7) is -0.0747. The molecule has 0 aliphatic heterocycles. The third-order valence-corrected chi connectivity index (χ3v) is 3.06. The molecule has 3 aromatic rings. The molecule has 0 unspecified atom stereocenters. The molecule has 0 spiro atoms. The van der Waals surface area contributed by atoms with Crippen molar-refractivity contribution >= 4 is 0 Å². The number of aliphatic hydroxyl groups is 1. The fraction of sp³-hybridized carbons (Fsp3) is 0.0625. The van der Waals surface area contributed by atoms with Crippen LogP contribution in [0.1, 0.15) is 5.69 Å². The highest BCUT2D eigenvalue weighted by molar-refractivity contribution is 5.80. The lowest BCUT2D eigenvalue weighted by molar-refractivity contribution is 0.277. The monoisotopic (exact) mass is 263 g/mol. The molecule has 98 valence electrons. The second kappa shape index (κ2) is 5.59. The van der Waals surface area contributed by atoms with E-state index in [-0.39, 0.29) is 6.61 Å². The van der Waals surface area contributed by atoms with Gasteiger partial charge >= 0.3 is 0 Å². The van der Waals surface area contributed by atoms with Gasteiger partial charge in [-0.3, -0.25) is 9.97 Å². The van der Waals surface area contributed by atoms with Crippen LogP contribution < -0.4 is 0 Å². The highest BCUT2D eigenvalue weighted by atomic mass is 16.3. The normalized spacial score (nSPS) is 10.4. The first-order chi connectivity index (χ1) is 9.88. The van der Waals surface area contributed by atoms with Crippen LogP contribution in [-0.4, -0.2) is 20.1 Å². The van der Waals surface area contributed by atoms with Crippen LogP contribution in [0, 0.1) is 0 Å². The van der Waals surface area contributed by atoms with Gasteiger partial charge < -0.3 is 5.11 Å². The molecule has 0 atom stereocenters. The number of hydrogen-bond acceptors (Lipinski definition) is 4. The van der Waals surface area contributed by atoms with E-state index < -0.39 is 0 Å². The number of aromatic nitrogens is 3. The zero-order valence-electron chi connectivity index (χ0n) is 10.8. The summed E-state index contributed by atoms with van der Waals surface area (Å²) in [5.41, 5.74) is 4.52. The minimum atomic E-state index is -0.0747. The van der Waals surface area contributed by atoms with Crippen LogP contribution in [0.4, 0.5) is 0 Å². The summed E-state index contributed by atoms with van der Waals surface area (Å²) in [7, 11) is 0. The van der Waals surface area contributed by atoms with Gasteiger partial charge in [0.05, 0.1) is 18.0 Å². The van der Waals surface area contributed by atoms with Gasteiger partial charge in [-0.25, -0.2) is 4.98 Å². The van der Waals surface area contributed by atoms with E-state index in [1.807, 2.05) is 36.4 Å². The molecule has 1 N–H and O–H groups in total. The highest BCUT2D eigenvalue weighted by Crippen LogP contribution is 2.30. The number of aliphatic hydroxyl groups excluding tert-OH is 1. The van der Waals surface area contributed by atoms with Crippen molar-refractivity contribution in [1.29, 1.82) is 0 Å². The van der Waals surface area contributed by atoms with Crippen LogP contribution in [-0.2, 0) is 6.61 Å². The summed E-state index contributed by atoms with van der Waals surface area (Å²) < 4.78 is 0. The van der Waals surface area contributed by atoms with Crippen LogP contribution in [0.25, 0.3) is 22.4 Å². The predicted octanol–water partition coefficient (Wildman–Crippen LogP) is 2.70. The zero-order valence-corrected chi connectivity index (χ0v) is 10.8. The second-order valence-electron chi connectivity index (χ2n) is 4.33. The molecule has 0 bridgehead atoms. The Hall–Kier alpha value is -2.59. The maximum Gasteiger partial charge on any atom is 0.0853 e. The van der Waals surface area contributed by atoms with Gasteiger partial charge in [0.15, 0.2) is 0 Å². The van der Waals surface area contributed by atoms with Gasteiger partial charge in [-0.05, 0) is 35.9 Å². The fourth-order valence-corrected chi connectivity index (χ4v) is 2.08. The fourth-order valence-electron chi connectivity index (χ4n) is 2.08. The highest BCUT2D eigenvalue weighted by Gasteiger charge is 2.10. The average molecular weight is 263 g/mol. The van der Waals surface area contributed by atoms with E-state index in [4.69, 9.17) is 0 Å². The quantitative estimate of drug-likeness (QED) is 0.789. The van der Waals surface area contributed by atoms with Gasteiger partial charge in [0.2, 0.25) is 0 Å². The molecule has 0 radical (unpaired) electrons. The van der Waals surface area contributed by atoms with E-state index in [0.717, 1.165) is 22.4 Å². The summed E-state index contributed by atoms with van der Waals surface area (Å²) >= 11 is 0. The summed E-state index contributed by atoms with van der Waals surface area (Å²) in [6.07, 6.45) is 6.98. The maximum atomic E-state index is 9.29. The first-order valence-corrected chi connectivity index (χ1v) is 6.30. The van der Waals surface area contributed by atoms with Gasteiger partial charge in [-0.15, -0.1) is 0 Å². The van der Waals surface area contributed by atoms with Gasteiger partial charge in [0.25, 0.3) is 0 Å². The minimum absolute atomic E-state index is 0.0747. The third-order valence-electron chi connectivity index (χ3n) is 3.06. The van der Waals surface area contributed by atoms with E-state index in [9.17, 15) is 5.11 Å². The van der Waals surface area contributed by atoms with Crippen LogP contribution >= 0.6 is 0 Å². The smallest absolute Gasteiger partial charge is 0.0853 e. The Morgan fingerprint density at radius 3 is 1.95 bits per heavy atom. The van der Waals surface area contributed by atoms with Crippen molar-refractivity contribution < 1.29 is 5.11 Å². The molecule has 0 aromatic carbocycles. The van der Waals surface area contributed by atoms with E-state index in [1.54, 1.807) is 24.8 Å². The number of pyridine rings is 3. The Bertz CT molecular complexity index is 699. The number of hydrogen-bond donors (Lipinski definition) is 1. The van der Waals surface area contributed by atoms with E-state index in [0.29, 0.717) is 5.69 Å². The number of nitrogens with zero attached hydrogens (tertiary/aromatic N) is 3. The predicted molar refractivity (Wildman–Crippen MR) is 76.6 cm³/mol. The van der Waals surface area contributed by atoms with Gasteiger partial charge in [-0.1, -0.05) is 6.07 Å². The largest absolute Gasteiger partial charge is 0.390 e. The van der Waals surface area contributed by atoms with Crippen molar-refractivity contribution in [2.45, 2.75) is 6.61 Å². The van der Waals surface area contributed by atoms with E-state index in [1.165, 1.54) is 0 Å². The topological polar surface area (TPSA) is 58.9 Å². The SMILES string of the molecule is OCc1ccc(-c2ccncc2)c(-c2ccncc2)n1. The molecule has 3 rings (SSSR count). The molecule has 20 heavy (non-hydrogen) atoms. The first-order valence-electron chi connectivity index (χ1n) is 6.30. The Labute approximate surface area is 116 Å². The Balaban J connectivity index is 2.20. The summed E-state index contributed by atoms with van der Waals surface area (Å²) in [5.74, 6) is 0. The molecule has 4 heteroatoms. The maximum absolute atomic E-state index is 9.29. The lowest BCUT2D eigenvalue weighted by atomic mass is 10.0.